The maximum Gasteiger partial charge on any atom is 0.269 e. The van der Waals surface area contributed by atoms with E-state index in [1.165, 1.54) is 6.33 Å². The van der Waals surface area contributed by atoms with Gasteiger partial charge in [-0.25, -0.2) is 4.98 Å². The van der Waals surface area contributed by atoms with Crippen molar-refractivity contribution in [1.82, 2.24) is 9.97 Å². The number of aromatic amines is 1. The van der Waals surface area contributed by atoms with Crippen molar-refractivity contribution < 1.29 is 0 Å². The molecule has 5 heteroatoms. The molecule has 0 fully saturated rings. The Morgan fingerprint density at radius 2 is 2.25 bits per heavy atom. The molecule has 1 aromatic carbocycles. The summed E-state index contributed by atoms with van der Waals surface area (Å²) in [7, 11) is 0. The summed E-state index contributed by atoms with van der Waals surface area (Å²) in [5.41, 5.74) is 0.734. The van der Waals surface area contributed by atoms with Gasteiger partial charge in [0.1, 0.15) is 11.6 Å². The highest BCUT2D eigenvalue weighted by Gasteiger charge is 2.09. The highest BCUT2D eigenvalue weighted by atomic mass is 79.9. The van der Waals surface area contributed by atoms with E-state index < -0.39 is 5.56 Å². The first-order chi connectivity index (χ1) is 7.72. The SMILES string of the molecule is N#Cc1c(-c2cccc(Br)c2)nc[nH]c1=O. The topological polar surface area (TPSA) is 69.5 Å². The van der Waals surface area contributed by atoms with Crippen molar-refractivity contribution in [3.05, 3.63) is 51.0 Å². The fourth-order valence-electron chi connectivity index (χ4n) is 1.36. The maximum absolute atomic E-state index is 11.4. The van der Waals surface area contributed by atoms with Crippen LogP contribution in [0.5, 0.6) is 0 Å². The Hall–Kier alpha value is -1.93. The van der Waals surface area contributed by atoms with Gasteiger partial charge in [0.15, 0.2) is 0 Å². The molecule has 4 nitrogen and oxygen atoms in total. The van der Waals surface area contributed by atoms with E-state index in [4.69, 9.17) is 5.26 Å². The molecule has 1 N–H and O–H groups in total. The Morgan fingerprint density at radius 1 is 1.44 bits per heavy atom. The lowest BCUT2D eigenvalue weighted by molar-refractivity contribution is 1.10. The second kappa shape index (κ2) is 4.29. The summed E-state index contributed by atoms with van der Waals surface area (Å²) >= 11 is 3.33. The smallest absolute Gasteiger partial charge is 0.269 e. The van der Waals surface area contributed by atoms with Crippen molar-refractivity contribution in [2.75, 3.05) is 0 Å². The predicted octanol–water partition coefficient (Wildman–Crippen LogP) is 2.07. The number of H-pyrrole nitrogens is 1. The molecule has 0 aliphatic carbocycles. The third-order valence-corrected chi connectivity index (χ3v) is 2.56. The summed E-state index contributed by atoms with van der Waals surface area (Å²) < 4.78 is 0.871. The number of hydrogen-bond donors (Lipinski definition) is 1. The molecule has 1 heterocycles. The van der Waals surface area contributed by atoms with Gasteiger partial charge >= 0.3 is 0 Å². The zero-order chi connectivity index (χ0) is 11.5. The monoisotopic (exact) mass is 275 g/mol. The lowest BCUT2D eigenvalue weighted by Gasteiger charge is -2.02. The number of benzene rings is 1. The molecule has 0 aliphatic heterocycles. The quantitative estimate of drug-likeness (QED) is 0.866. The molecule has 0 unspecified atom stereocenters. The molecule has 2 rings (SSSR count). The van der Waals surface area contributed by atoms with Gasteiger partial charge in [-0.05, 0) is 12.1 Å². The Morgan fingerprint density at radius 3 is 2.94 bits per heavy atom. The first kappa shape index (κ1) is 10.6. The van der Waals surface area contributed by atoms with Crippen LogP contribution in [0.15, 0.2) is 39.9 Å². The second-order valence-corrected chi connectivity index (χ2v) is 3.99. The number of aromatic nitrogens is 2. The van der Waals surface area contributed by atoms with Gasteiger partial charge < -0.3 is 4.98 Å². The zero-order valence-electron chi connectivity index (χ0n) is 8.07. The van der Waals surface area contributed by atoms with E-state index in [0.29, 0.717) is 5.69 Å². The Balaban J connectivity index is 2.71. The molecular weight excluding hydrogens is 270 g/mol. The molecule has 78 valence electrons. The van der Waals surface area contributed by atoms with E-state index in [9.17, 15) is 4.79 Å². The Bertz CT molecular complexity index is 628. The lowest BCUT2D eigenvalue weighted by atomic mass is 10.1. The van der Waals surface area contributed by atoms with Gasteiger partial charge in [-0.1, -0.05) is 28.1 Å². The molecule has 0 bridgehead atoms. The molecule has 0 aliphatic rings. The number of nitriles is 1. The fraction of sp³-hybridized carbons (Fsp3) is 0. The molecule has 0 spiro atoms. The summed E-state index contributed by atoms with van der Waals surface area (Å²) in [6.07, 6.45) is 1.29. The van der Waals surface area contributed by atoms with Crippen LogP contribution in [-0.4, -0.2) is 9.97 Å². The average Bonchev–Trinajstić information content (AvgIpc) is 2.28. The molecule has 0 amide bonds. The normalized spacial score (nSPS) is 9.75. The molecule has 0 saturated heterocycles. The largest absolute Gasteiger partial charge is 0.312 e. The summed E-state index contributed by atoms with van der Waals surface area (Å²) in [6, 6.07) is 9.15. The highest BCUT2D eigenvalue weighted by molar-refractivity contribution is 9.10. The van der Waals surface area contributed by atoms with Crippen LogP contribution in [0.25, 0.3) is 11.3 Å². The molecule has 0 radical (unpaired) electrons. The number of rotatable bonds is 1. The van der Waals surface area contributed by atoms with Gasteiger partial charge in [0.25, 0.3) is 5.56 Å². The van der Waals surface area contributed by atoms with E-state index in [1.807, 2.05) is 24.3 Å². The number of halogens is 1. The van der Waals surface area contributed by atoms with E-state index in [1.54, 1.807) is 6.07 Å². The minimum atomic E-state index is -0.424. The minimum Gasteiger partial charge on any atom is -0.312 e. The minimum absolute atomic E-state index is 0.0283. The molecule has 0 atom stereocenters. The van der Waals surface area contributed by atoms with Gasteiger partial charge in [-0.3, -0.25) is 4.79 Å². The van der Waals surface area contributed by atoms with Crippen molar-refractivity contribution in [3.8, 4) is 17.3 Å². The van der Waals surface area contributed by atoms with Gasteiger partial charge in [-0.2, -0.15) is 5.26 Å². The van der Waals surface area contributed by atoms with Crippen LogP contribution in [-0.2, 0) is 0 Å². The van der Waals surface area contributed by atoms with Gasteiger partial charge in [0.2, 0.25) is 0 Å². The lowest BCUT2D eigenvalue weighted by Crippen LogP contribution is -2.12. The van der Waals surface area contributed by atoms with E-state index in [-0.39, 0.29) is 5.56 Å². The number of nitrogens with one attached hydrogen (secondary N) is 1. The summed E-state index contributed by atoms with van der Waals surface area (Å²) in [4.78, 5) is 17.8. The van der Waals surface area contributed by atoms with Crippen LogP contribution in [0.4, 0.5) is 0 Å². The van der Waals surface area contributed by atoms with Gasteiger partial charge in [0, 0.05) is 10.0 Å². The summed E-state index contributed by atoms with van der Waals surface area (Å²) in [5.74, 6) is 0. The van der Waals surface area contributed by atoms with E-state index in [2.05, 4.69) is 25.9 Å². The van der Waals surface area contributed by atoms with Crippen LogP contribution in [0.1, 0.15) is 5.56 Å². The van der Waals surface area contributed by atoms with Crippen molar-refractivity contribution in [2.24, 2.45) is 0 Å². The zero-order valence-corrected chi connectivity index (χ0v) is 9.65. The van der Waals surface area contributed by atoms with Crippen molar-refractivity contribution in [3.63, 3.8) is 0 Å². The van der Waals surface area contributed by atoms with E-state index in [0.717, 1.165) is 10.0 Å². The van der Waals surface area contributed by atoms with Crippen LogP contribution < -0.4 is 5.56 Å². The van der Waals surface area contributed by atoms with Crippen LogP contribution >= 0.6 is 15.9 Å². The summed E-state index contributed by atoms with van der Waals surface area (Å²) in [5, 5.41) is 8.91. The third-order valence-electron chi connectivity index (χ3n) is 2.06. The summed E-state index contributed by atoms with van der Waals surface area (Å²) in [6.45, 7) is 0. The predicted molar refractivity (Wildman–Crippen MR) is 62.7 cm³/mol. The molecule has 2 aromatic rings. The fourth-order valence-corrected chi connectivity index (χ4v) is 1.76. The molecule has 0 saturated carbocycles. The molecular formula is C11H6BrN3O. The standard InChI is InChI=1S/C11H6BrN3O/c12-8-3-1-2-7(4-8)10-9(5-13)11(16)15-6-14-10/h1-4,6H,(H,14,15,16). The number of hydrogen-bond acceptors (Lipinski definition) is 3. The number of nitrogens with zero attached hydrogens (tertiary/aromatic N) is 2. The van der Waals surface area contributed by atoms with Crippen LogP contribution in [0.3, 0.4) is 0 Å². The first-order valence-electron chi connectivity index (χ1n) is 4.46. The average molecular weight is 276 g/mol. The molecule has 1 aromatic heterocycles. The maximum atomic E-state index is 11.4. The third kappa shape index (κ3) is 1.88. The van der Waals surface area contributed by atoms with Crippen molar-refractivity contribution in [2.45, 2.75) is 0 Å². The van der Waals surface area contributed by atoms with Crippen LogP contribution in [0, 0.1) is 11.3 Å². The highest BCUT2D eigenvalue weighted by Crippen LogP contribution is 2.21. The van der Waals surface area contributed by atoms with Crippen LogP contribution in [0.2, 0.25) is 0 Å². The van der Waals surface area contributed by atoms with E-state index >= 15 is 0 Å². The Labute approximate surface area is 99.7 Å². The second-order valence-electron chi connectivity index (χ2n) is 3.08. The molecule has 16 heavy (non-hydrogen) atoms. The van der Waals surface area contributed by atoms with Gasteiger partial charge in [-0.15, -0.1) is 0 Å². The van der Waals surface area contributed by atoms with Crippen molar-refractivity contribution >= 4 is 15.9 Å². The first-order valence-corrected chi connectivity index (χ1v) is 5.25. The Kier molecular flexibility index (Phi) is 2.84. The van der Waals surface area contributed by atoms with Crippen molar-refractivity contribution in [1.29, 1.82) is 5.26 Å². The van der Waals surface area contributed by atoms with Gasteiger partial charge in [0.05, 0.1) is 12.0 Å².